The third-order valence-electron chi connectivity index (χ3n) is 3.50. The van der Waals surface area contributed by atoms with Gasteiger partial charge in [0.1, 0.15) is 5.76 Å². The molecule has 2 rings (SSSR count). The topological polar surface area (TPSA) is 41.3 Å². The Balaban J connectivity index is 1.98. The molecule has 1 aromatic heterocycles. The van der Waals surface area contributed by atoms with Gasteiger partial charge in [0.05, 0.1) is 5.69 Å². The van der Waals surface area contributed by atoms with E-state index in [0.29, 0.717) is 6.04 Å². The molecule has 1 aliphatic rings. The Morgan fingerprint density at radius 2 is 2.47 bits per heavy atom. The number of aryl methyl sites for hydroxylation is 1. The highest BCUT2D eigenvalue weighted by Crippen LogP contribution is 2.16. The van der Waals surface area contributed by atoms with Crippen LogP contribution in [0.2, 0.25) is 0 Å². The summed E-state index contributed by atoms with van der Waals surface area (Å²) >= 11 is 0. The molecule has 1 aromatic rings. The molecule has 1 unspecified atom stereocenters. The molecule has 1 aliphatic heterocycles. The van der Waals surface area contributed by atoms with Crippen LogP contribution in [0.15, 0.2) is 10.8 Å². The second kappa shape index (κ2) is 6.17. The molecule has 17 heavy (non-hydrogen) atoms. The first kappa shape index (κ1) is 12.6. The summed E-state index contributed by atoms with van der Waals surface area (Å²) < 4.78 is 5.28. The van der Waals surface area contributed by atoms with Gasteiger partial charge in [-0.3, -0.25) is 4.90 Å². The minimum atomic E-state index is 0.653. The van der Waals surface area contributed by atoms with Crippen LogP contribution in [-0.4, -0.2) is 35.6 Å². The quantitative estimate of drug-likeness (QED) is 0.850. The molecular formula is C13H23N3O. The number of hydrogen-bond acceptors (Lipinski definition) is 4. The van der Waals surface area contributed by atoms with Crippen molar-refractivity contribution in [2.75, 3.05) is 19.6 Å². The van der Waals surface area contributed by atoms with Crippen molar-refractivity contribution in [2.45, 2.75) is 45.7 Å². The molecule has 1 N–H and O–H groups in total. The molecule has 2 heterocycles. The molecule has 4 nitrogen and oxygen atoms in total. The van der Waals surface area contributed by atoms with Crippen LogP contribution in [0.4, 0.5) is 0 Å². The summed E-state index contributed by atoms with van der Waals surface area (Å²) in [5.41, 5.74) is 1.09. The second-order valence-corrected chi connectivity index (χ2v) is 4.83. The maximum Gasteiger partial charge on any atom is 0.181 e. The van der Waals surface area contributed by atoms with E-state index in [1.165, 1.54) is 25.8 Å². The summed E-state index contributed by atoms with van der Waals surface area (Å²) in [5, 5.41) is 3.48. The van der Waals surface area contributed by atoms with Gasteiger partial charge in [0.25, 0.3) is 0 Å². The monoisotopic (exact) mass is 237 g/mol. The van der Waals surface area contributed by atoms with E-state index in [4.69, 9.17) is 4.42 Å². The first-order valence-electron chi connectivity index (χ1n) is 6.65. The smallest absolute Gasteiger partial charge is 0.181 e. The maximum atomic E-state index is 5.28. The summed E-state index contributed by atoms with van der Waals surface area (Å²) in [7, 11) is 0. The zero-order valence-electron chi connectivity index (χ0n) is 10.9. The summed E-state index contributed by atoms with van der Waals surface area (Å²) in [4.78, 5) is 6.84. The van der Waals surface area contributed by atoms with E-state index in [1.54, 1.807) is 6.39 Å². The highest BCUT2D eigenvalue weighted by Gasteiger charge is 2.21. The Labute approximate surface area is 103 Å². The van der Waals surface area contributed by atoms with Crippen molar-refractivity contribution >= 4 is 0 Å². The fourth-order valence-corrected chi connectivity index (χ4v) is 2.50. The third kappa shape index (κ3) is 3.30. The number of piperidine rings is 1. The van der Waals surface area contributed by atoms with Crippen molar-refractivity contribution in [3.05, 3.63) is 17.8 Å². The van der Waals surface area contributed by atoms with Gasteiger partial charge in [0.2, 0.25) is 0 Å². The minimum Gasteiger partial charge on any atom is -0.448 e. The van der Waals surface area contributed by atoms with Crippen LogP contribution < -0.4 is 5.32 Å². The summed E-state index contributed by atoms with van der Waals surface area (Å²) in [6.45, 7) is 8.56. The Kier molecular flexibility index (Phi) is 4.57. The van der Waals surface area contributed by atoms with E-state index in [-0.39, 0.29) is 0 Å². The number of rotatable bonds is 5. The molecule has 4 heteroatoms. The lowest BCUT2D eigenvalue weighted by molar-refractivity contribution is 0.156. The van der Waals surface area contributed by atoms with E-state index in [0.717, 1.165) is 31.1 Å². The normalized spacial score (nSPS) is 21.0. The van der Waals surface area contributed by atoms with Gasteiger partial charge in [-0.05, 0) is 39.3 Å². The van der Waals surface area contributed by atoms with Crippen molar-refractivity contribution in [1.82, 2.24) is 15.2 Å². The van der Waals surface area contributed by atoms with Crippen LogP contribution >= 0.6 is 0 Å². The van der Waals surface area contributed by atoms with E-state index >= 15 is 0 Å². The molecule has 1 fully saturated rings. The van der Waals surface area contributed by atoms with Gasteiger partial charge in [0.15, 0.2) is 6.39 Å². The molecule has 0 aliphatic carbocycles. The Hall–Kier alpha value is -0.870. The van der Waals surface area contributed by atoms with Gasteiger partial charge in [0, 0.05) is 19.1 Å². The largest absolute Gasteiger partial charge is 0.448 e. The Morgan fingerprint density at radius 3 is 3.06 bits per heavy atom. The summed E-state index contributed by atoms with van der Waals surface area (Å²) in [5.74, 6) is 0.954. The highest BCUT2D eigenvalue weighted by molar-refractivity contribution is 5.05. The van der Waals surface area contributed by atoms with Crippen molar-refractivity contribution in [2.24, 2.45) is 0 Å². The summed E-state index contributed by atoms with van der Waals surface area (Å²) in [6, 6.07) is 0.653. The van der Waals surface area contributed by atoms with Crippen LogP contribution in [0.1, 0.15) is 37.6 Å². The first-order chi connectivity index (χ1) is 8.31. The number of aromatic nitrogens is 1. The molecule has 1 atom stereocenters. The average molecular weight is 237 g/mol. The van der Waals surface area contributed by atoms with Crippen molar-refractivity contribution in [3.63, 3.8) is 0 Å². The van der Waals surface area contributed by atoms with Gasteiger partial charge in [-0.1, -0.05) is 6.92 Å². The fourth-order valence-electron chi connectivity index (χ4n) is 2.50. The van der Waals surface area contributed by atoms with Crippen molar-refractivity contribution in [1.29, 1.82) is 0 Å². The number of nitrogens with one attached hydrogen (secondary N) is 1. The van der Waals surface area contributed by atoms with E-state index in [9.17, 15) is 0 Å². The maximum absolute atomic E-state index is 5.28. The lowest BCUT2D eigenvalue weighted by Crippen LogP contribution is -2.46. The minimum absolute atomic E-state index is 0.653. The van der Waals surface area contributed by atoms with E-state index in [2.05, 4.69) is 22.1 Å². The number of hydrogen-bond donors (Lipinski definition) is 1. The molecular weight excluding hydrogens is 214 g/mol. The fraction of sp³-hybridized carbons (Fsp3) is 0.769. The summed E-state index contributed by atoms with van der Waals surface area (Å²) in [6.07, 6.45) is 5.31. The predicted molar refractivity (Wildman–Crippen MR) is 67.8 cm³/mol. The van der Waals surface area contributed by atoms with Gasteiger partial charge >= 0.3 is 0 Å². The van der Waals surface area contributed by atoms with Crippen LogP contribution in [0.25, 0.3) is 0 Å². The molecule has 0 aromatic carbocycles. The van der Waals surface area contributed by atoms with Gasteiger partial charge in [-0.25, -0.2) is 4.98 Å². The zero-order chi connectivity index (χ0) is 12.1. The molecule has 1 saturated heterocycles. The van der Waals surface area contributed by atoms with Gasteiger partial charge < -0.3 is 9.73 Å². The van der Waals surface area contributed by atoms with Crippen LogP contribution in [0, 0.1) is 6.92 Å². The Bertz CT molecular complexity index is 331. The van der Waals surface area contributed by atoms with Gasteiger partial charge in [-0.15, -0.1) is 0 Å². The number of oxazole rings is 1. The molecule has 0 bridgehead atoms. The lowest BCUT2D eigenvalue weighted by Gasteiger charge is -2.34. The van der Waals surface area contributed by atoms with E-state index < -0.39 is 0 Å². The first-order valence-corrected chi connectivity index (χ1v) is 6.65. The lowest BCUT2D eigenvalue weighted by atomic mass is 10.1. The van der Waals surface area contributed by atoms with Crippen LogP contribution in [0.5, 0.6) is 0 Å². The number of nitrogens with zero attached hydrogens (tertiary/aromatic N) is 2. The standard InChI is InChI=1S/C13H23N3O/c1-3-7-16(12-5-4-6-14-8-12)9-13-11(2)17-10-15-13/h10,12,14H,3-9H2,1-2H3. The van der Waals surface area contributed by atoms with Crippen LogP contribution in [0.3, 0.4) is 0 Å². The average Bonchev–Trinajstić information content (AvgIpc) is 2.76. The predicted octanol–water partition coefficient (Wildman–Crippen LogP) is 1.95. The molecule has 0 radical (unpaired) electrons. The molecule has 0 spiro atoms. The SMILES string of the molecule is CCCN(Cc1ncoc1C)C1CCCNC1. The molecule has 0 amide bonds. The van der Waals surface area contributed by atoms with Crippen LogP contribution in [-0.2, 0) is 6.54 Å². The Morgan fingerprint density at radius 1 is 1.59 bits per heavy atom. The second-order valence-electron chi connectivity index (χ2n) is 4.83. The van der Waals surface area contributed by atoms with Gasteiger partial charge in [-0.2, -0.15) is 0 Å². The zero-order valence-corrected chi connectivity index (χ0v) is 10.9. The third-order valence-corrected chi connectivity index (χ3v) is 3.50. The van der Waals surface area contributed by atoms with E-state index in [1.807, 2.05) is 6.92 Å². The molecule has 96 valence electrons. The van der Waals surface area contributed by atoms with Crippen molar-refractivity contribution in [3.8, 4) is 0 Å². The van der Waals surface area contributed by atoms with Crippen molar-refractivity contribution < 1.29 is 4.42 Å². The molecule has 0 saturated carbocycles. The highest BCUT2D eigenvalue weighted by atomic mass is 16.3.